The van der Waals surface area contributed by atoms with E-state index in [1.54, 1.807) is 23.2 Å². The van der Waals surface area contributed by atoms with Gasteiger partial charge in [0, 0.05) is 24.6 Å². The van der Waals surface area contributed by atoms with Crippen molar-refractivity contribution in [1.29, 1.82) is 5.26 Å². The van der Waals surface area contributed by atoms with Gasteiger partial charge in [0.2, 0.25) is 5.91 Å². The van der Waals surface area contributed by atoms with Crippen LogP contribution in [-0.4, -0.2) is 34.3 Å². The fourth-order valence-corrected chi connectivity index (χ4v) is 4.59. The summed E-state index contributed by atoms with van der Waals surface area (Å²) in [7, 11) is 0. The lowest BCUT2D eigenvalue weighted by Gasteiger charge is -2.50. The van der Waals surface area contributed by atoms with Crippen molar-refractivity contribution in [2.75, 3.05) is 11.6 Å². The molecule has 2 unspecified atom stereocenters. The first-order valence-corrected chi connectivity index (χ1v) is 11.4. The topological polar surface area (TPSA) is 76.8 Å². The van der Waals surface area contributed by atoms with E-state index in [2.05, 4.69) is 6.07 Å². The fourth-order valence-electron chi connectivity index (χ4n) is 4.59. The van der Waals surface area contributed by atoms with Crippen molar-refractivity contribution in [3.05, 3.63) is 83.9 Å². The summed E-state index contributed by atoms with van der Waals surface area (Å²) in [6.07, 6.45) is -0.994. The Kier molecular flexibility index (Phi) is 6.32. The molecule has 2 atom stereocenters. The molecule has 0 radical (unpaired) electrons. The van der Waals surface area contributed by atoms with Gasteiger partial charge >= 0.3 is 0 Å². The molecule has 0 aliphatic carbocycles. The molecule has 0 saturated heterocycles. The van der Waals surface area contributed by atoms with Crippen LogP contribution in [0.4, 0.5) is 5.69 Å². The highest BCUT2D eigenvalue weighted by Gasteiger charge is 2.48. The second-order valence-electron chi connectivity index (χ2n) is 8.92. The normalized spacial score (nSPS) is 18.2. The Bertz CT molecular complexity index is 1230. The van der Waals surface area contributed by atoms with Crippen LogP contribution >= 0.6 is 0 Å². The number of aliphatic hydroxyl groups is 1. The Balaban J connectivity index is 2.01. The van der Waals surface area contributed by atoms with Gasteiger partial charge in [-0.2, -0.15) is 5.26 Å². The molecule has 4 rings (SSSR count). The number of fused-ring (bicyclic) bond motifs is 1. The highest BCUT2D eigenvalue weighted by Crippen LogP contribution is 2.47. The van der Waals surface area contributed by atoms with Crippen LogP contribution in [0.5, 0.6) is 5.75 Å². The number of hydrogen-bond acceptors (Lipinski definition) is 5. The lowest BCUT2D eigenvalue weighted by atomic mass is 9.85. The number of nitriles is 1. The molecule has 34 heavy (non-hydrogen) atoms. The third-order valence-electron chi connectivity index (χ3n) is 6.26. The number of amides is 1. The molecule has 0 spiro atoms. The Labute approximate surface area is 200 Å². The first-order chi connectivity index (χ1) is 16.3. The smallest absolute Gasteiger partial charge is 0.237 e. The minimum atomic E-state index is -0.994. The fraction of sp³-hybridized carbons (Fsp3) is 0.286. The number of para-hydroxylation sites is 1. The molecule has 0 fully saturated rings. The van der Waals surface area contributed by atoms with Gasteiger partial charge in [-0.1, -0.05) is 48.5 Å². The third kappa shape index (κ3) is 4.11. The summed E-state index contributed by atoms with van der Waals surface area (Å²) < 4.78 is 6.15. The van der Waals surface area contributed by atoms with Gasteiger partial charge in [0.25, 0.3) is 0 Å². The predicted molar refractivity (Wildman–Crippen MR) is 132 cm³/mol. The number of hydrogen-bond donors (Lipinski definition) is 1. The van der Waals surface area contributed by atoms with Gasteiger partial charge in [0.15, 0.2) is 0 Å². The Morgan fingerprint density at radius 2 is 1.76 bits per heavy atom. The van der Waals surface area contributed by atoms with Crippen LogP contribution in [0, 0.1) is 11.3 Å². The van der Waals surface area contributed by atoms with Crippen LogP contribution in [-0.2, 0) is 4.79 Å². The molecule has 1 heterocycles. The first-order valence-electron chi connectivity index (χ1n) is 11.4. The van der Waals surface area contributed by atoms with Crippen LogP contribution in [0.15, 0.2) is 72.8 Å². The van der Waals surface area contributed by atoms with Crippen molar-refractivity contribution in [2.24, 2.45) is 0 Å². The summed E-state index contributed by atoms with van der Waals surface area (Å²) in [4.78, 5) is 12.9. The summed E-state index contributed by atoms with van der Waals surface area (Å²) in [5.74, 6) is 0.431. The maximum Gasteiger partial charge on any atom is 0.237 e. The summed E-state index contributed by atoms with van der Waals surface area (Å²) in [5, 5.41) is 24.7. The van der Waals surface area contributed by atoms with E-state index in [0.29, 0.717) is 23.4 Å². The van der Waals surface area contributed by atoms with Crippen LogP contribution in [0.3, 0.4) is 0 Å². The number of carbonyl (C=O) groups is 1. The van der Waals surface area contributed by atoms with Crippen LogP contribution in [0.1, 0.15) is 44.9 Å². The van der Waals surface area contributed by atoms with Crippen molar-refractivity contribution in [1.82, 2.24) is 5.01 Å². The van der Waals surface area contributed by atoms with Crippen LogP contribution < -0.4 is 9.75 Å². The second-order valence-corrected chi connectivity index (χ2v) is 8.92. The molecule has 3 aromatic rings. The minimum absolute atomic E-state index is 0.153. The van der Waals surface area contributed by atoms with Gasteiger partial charge in [-0.25, -0.2) is 0 Å². The number of hydrazine groups is 1. The number of rotatable bonds is 5. The minimum Gasteiger partial charge on any atom is -0.485 e. The van der Waals surface area contributed by atoms with Gasteiger partial charge in [-0.15, -0.1) is 0 Å². The molecule has 3 aromatic carbocycles. The molecular weight excluding hydrogens is 426 g/mol. The SMILES string of the molecule is CCN(C(C)=O)N(c1ccccc1-c1ccccc1)C1c2cc(C#N)ccc2OC(C)(C)C1O. The van der Waals surface area contributed by atoms with Crippen molar-refractivity contribution in [3.63, 3.8) is 0 Å². The molecule has 0 saturated carbocycles. The molecule has 0 bridgehead atoms. The molecule has 6 heteroatoms. The Hall–Kier alpha value is -3.82. The van der Waals surface area contributed by atoms with Crippen molar-refractivity contribution >= 4 is 11.6 Å². The number of anilines is 1. The summed E-state index contributed by atoms with van der Waals surface area (Å²) in [6.45, 7) is 7.48. The van der Waals surface area contributed by atoms with E-state index < -0.39 is 17.7 Å². The molecule has 1 N–H and O–H groups in total. The largest absolute Gasteiger partial charge is 0.485 e. The van der Waals surface area contributed by atoms with Gasteiger partial charge in [0.05, 0.1) is 17.3 Å². The molecule has 0 aromatic heterocycles. The molecular formula is C28H29N3O3. The monoisotopic (exact) mass is 455 g/mol. The van der Waals surface area contributed by atoms with Crippen molar-refractivity contribution in [3.8, 4) is 22.9 Å². The molecule has 1 aliphatic heterocycles. The van der Waals surface area contributed by atoms with E-state index in [1.807, 2.05) is 80.4 Å². The van der Waals surface area contributed by atoms with Gasteiger partial charge in [-0.05, 0) is 50.6 Å². The first kappa shape index (κ1) is 23.3. The van der Waals surface area contributed by atoms with E-state index in [1.165, 1.54) is 6.92 Å². The number of carbonyl (C=O) groups excluding carboxylic acids is 1. The molecule has 6 nitrogen and oxygen atoms in total. The quantitative estimate of drug-likeness (QED) is 0.543. The zero-order valence-electron chi connectivity index (χ0n) is 19.9. The zero-order chi connectivity index (χ0) is 24.5. The molecule has 1 amide bonds. The second kappa shape index (κ2) is 9.20. The average molecular weight is 456 g/mol. The standard InChI is InChI=1S/C28H29N3O3/c1-5-30(19(2)32)31(24-14-10-9-13-22(24)21-11-7-6-8-12-21)26-23-17-20(18-29)15-16-25(23)34-28(3,4)27(26)33/h6-17,26-27,33H,5H2,1-4H3. The van der Waals surface area contributed by atoms with E-state index >= 15 is 0 Å². The van der Waals surface area contributed by atoms with E-state index in [0.717, 1.165) is 16.8 Å². The highest BCUT2D eigenvalue weighted by atomic mass is 16.5. The Morgan fingerprint density at radius 3 is 2.41 bits per heavy atom. The van der Waals surface area contributed by atoms with Crippen molar-refractivity contribution in [2.45, 2.75) is 45.4 Å². The Morgan fingerprint density at radius 1 is 1.09 bits per heavy atom. The lowest BCUT2D eigenvalue weighted by molar-refractivity contribution is -0.131. The number of ether oxygens (including phenoxy) is 1. The van der Waals surface area contributed by atoms with Crippen molar-refractivity contribution < 1.29 is 14.6 Å². The number of benzene rings is 3. The number of aliphatic hydroxyl groups excluding tert-OH is 1. The maximum atomic E-state index is 12.9. The average Bonchev–Trinajstić information content (AvgIpc) is 2.84. The summed E-state index contributed by atoms with van der Waals surface area (Å²) in [6, 6.07) is 24.5. The van der Waals surface area contributed by atoms with E-state index in [9.17, 15) is 15.2 Å². The third-order valence-corrected chi connectivity index (χ3v) is 6.26. The number of nitrogens with zero attached hydrogens (tertiary/aromatic N) is 3. The van der Waals surface area contributed by atoms with Gasteiger partial charge < -0.3 is 9.84 Å². The molecule has 174 valence electrons. The molecule has 1 aliphatic rings. The van der Waals surface area contributed by atoms with Gasteiger partial charge in [0.1, 0.15) is 23.5 Å². The van der Waals surface area contributed by atoms with E-state index in [-0.39, 0.29) is 5.91 Å². The zero-order valence-corrected chi connectivity index (χ0v) is 19.9. The van der Waals surface area contributed by atoms with E-state index in [4.69, 9.17) is 4.74 Å². The predicted octanol–water partition coefficient (Wildman–Crippen LogP) is 5.09. The highest BCUT2D eigenvalue weighted by molar-refractivity contribution is 5.82. The van der Waals surface area contributed by atoms with Crippen LogP contribution in [0.2, 0.25) is 0 Å². The summed E-state index contributed by atoms with van der Waals surface area (Å²) in [5.41, 5.74) is 2.89. The lowest BCUT2D eigenvalue weighted by Crippen LogP contribution is -2.58. The maximum absolute atomic E-state index is 12.9. The van der Waals surface area contributed by atoms with Crippen LogP contribution in [0.25, 0.3) is 11.1 Å². The van der Waals surface area contributed by atoms with Gasteiger partial charge in [-0.3, -0.25) is 14.8 Å². The summed E-state index contributed by atoms with van der Waals surface area (Å²) >= 11 is 0.